The zero-order valence-corrected chi connectivity index (χ0v) is 21.2. The van der Waals surface area contributed by atoms with E-state index in [1.807, 2.05) is 80.6 Å². The molecule has 190 valence electrons. The highest BCUT2D eigenvalue weighted by molar-refractivity contribution is 5.99. The Morgan fingerprint density at radius 2 is 1.70 bits per heavy atom. The van der Waals surface area contributed by atoms with Crippen LogP contribution in [0.5, 0.6) is 5.75 Å². The molecule has 3 amide bonds. The molecule has 0 fully saturated rings. The largest absolute Gasteiger partial charge is 0.497 e. The first-order valence-corrected chi connectivity index (χ1v) is 12.1. The molecule has 0 aliphatic carbocycles. The van der Waals surface area contributed by atoms with Gasteiger partial charge in [0.05, 0.1) is 19.2 Å². The second kappa shape index (κ2) is 11.9. The number of nitrogens with one attached hydrogen (secondary N) is 3. The highest BCUT2D eigenvalue weighted by atomic mass is 16.5. The van der Waals surface area contributed by atoms with Gasteiger partial charge in [-0.3, -0.25) is 9.48 Å². The maximum absolute atomic E-state index is 13.3. The van der Waals surface area contributed by atoms with E-state index in [2.05, 4.69) is 16.0 Å². The molecule has 0 atom stereocenters. The Balaban J connectivity index is 1.50. The van der Waals surface area contributed by atoms with E-state index >= 15 is 0 Å². The number of benzene rings is 3. The minimum atomic E-state index is -0.256. The summed E-state index contributed by atoms with van der Waals surface area (Å²) in [4.78, 5) is 25.2. The number of aromatic nitrogens is 2. The molecule has 3 N–H and O–H groups in total. The Hall–Kier alpha value is -4.59. The number of hydrogen-bond donors (Lipinski definition) is 3. The van der Waals surface area contributed by atoms with Gasteiger partial charge in [-0.05, 0) is 49.2 Å². The molecule has 0 unspecified atom stereocenters. The van der Waals surface area contributed by atoms with Crippen molar-refractivity contribution >= 4 is 17.6 Å². The number of anilines is 1. The Morgan fingerprint density at radius 1 is 0.946 bits per heavy atom. The zero-order chi connectivity index (χ0) is 26.2. The van der Waals surface area contributed by atoms with Crippen LogP contribution in [0.2, 0.25) is 0 Å². The number of methoxy groups -OCH3 is 1. The Bertz CT molecular complexity index is 1350. The number of rotatable bonds is 9. The SMILES string of the molecule is COc1cccc(-c2nn(Cc3ccccc3)cc2C(=O)NCc2ccc(NC(=O)NC(C)C)cc2)c1. The van der Waals surface area contributed by atoms with E-state index in [-0.39, 0.29) is 18.0 Å². The van der Waals surface area contributed by atoms with E-state index in [9.17, 15) is 9.59 Å². The fourth-order valence-corrected chi connectivity index (χ4v) is 3.84. The lowest BCUT2D eigenvalue weighted by Crippen LogP contribution is -2.34. The van der Waals surface area contributed by atoms with E-state index in [1.54, 1.807) is 30.1 Å². The summed E-state index contributed by atoms with van der Waals surface area (Å²) in [7, 11) is 1.61. The first kappa shape index (κ1) is 25.5. The molecule has 0 aliphatic heterocycles. The van der Waals surface area contributed by atoms with E-state index < -0.39 is 0 Å². The monoisotopic (exact) mass is 497 g/mol. The molecule has 1 aromatic heterocycles. The summed E-state index contributed by atoms with van der Waals surface area (Å²) < 4.78 is 7.15. The molecule has 37 heavy (non-hydrogen) atoms. The molecule has 0 radical (unpaired) electrons. The number of ether oxygens (including phenoxy) is 1. The van der Waals surface area contributed by atoms with Crippen LogP contribution < -0.4 is 20.7 Å². The van der Waals surface area contributed by atoms with Crippen molar-refractivity contribution in [3.05, 3.63) is 102 Å². The van der Waals surface area contributed by atoms with Crippen LogP contribution in [-0.2, 0) is 13.1 Å². The molecule has 8 nitrogen and oxygen atoms in total. The molecule has 0 bridgehead atoms. The number of nitrogens with zero attached hydrogens (tertiary/aromatic N) is 2. The van der Waals surface area contributed by atoms with Crippen molar-refractivity contribution in [2.24, 2.45) is 0 Å². The number of carbonyl (C=O) groups excluding carboxylic acids is 2. The van der Waals surface area contributed by atoms with E-state index in [1.165, 1.54) is 0 Å². The number of carbonyl (C=O) groups is 2. The van der Waals surface area contributed by atoms with Crippen molar-refractivity contribution in [2.45, 2.75) is 33.0 Å². The van der Waals surface area contributed by atoms with Gasteiger partial charge in [-0.2, -0.15) is 5.10 Å². The van der Waals surface area contributed by atoms with Gasteiger partial charge in [-0.15, -0.1) is 0 Å². The van der Waals surface area contributed by atoms with Crippen molar-refractivity contribution in [1.29, 1.82) is 0 Å². The summed E-state index contributed by atoms with van der Waals surface area (Å²) in [5.74, 6) is 0.466. The van der Waals surface area contributed by atoms with E-state index in [4.69, 9.17) is 9.84 Å². The summed E-state index contributed by atoms with van der Waals surface area (Å²) in [6.45, 7) is 4.68. The molecule has 0 saturated carbocycles. The Morgan fingerprint density at radius 3 is 2.41 bits per heavy atom. The summed E-state index contributed by atoms with van der Waals surface area (Å²) in [6.07, 6.45) is 1.78. The van der Waals surface area contributed by atoms with Crippen molar-refractivity contribution in [3.8, 4) is 17.0 Å². The Labute approximate surface area is 216 Å². The predicted molar refractivity (Wildman–Crippen MR) is 145 cm³/mol. The fourth-order valence-electron chi connectivity index (χ4n) is 3.84. The third kappa shape index (κ3) is 6.98. The van der Waals surface area contributed by atoms with Gasteiger partial charge in [0.2, 0.25) is 0 Å². The quantitative estimate of drug-likeness (QED) is 0.301. The van der Waals surface area contributed by atoms with Crippen molar-refractivity contribution in [3.63, 3.8) is 0 Å². The summed E-state index contributed by atoms with van der Waals surface area (Å²) in [6, 6.07) is 24.6. The average Bonchev–Trinajstić information content (AvgIpc) is 3.32. The molecular formula is C29H31N5O3. The highest BCUT2D eigenvalue weighted by Crippen LogP contribution is 2.26. The lowest BCUT2D eigenvalue weighted by atomic mass is 10.1. The highest BCUT2D eigenvalue weighted by Gasteiger charge is 2.19. The molecule has 0 spiro atoms. The fraction of sp³-hybridized carbons (Fsp3) is 0.207. The molecule has 3 aromatic carbocycles. The van der Waals surface area contributed by atoms with Crippen LogP contribution in [0.4, 0.5) is 10.5 Å². The van der Waals surface area contributed by atoms with Gasteiger partial charge in [0.25, 0.3) is 5.91 Å². The smallest absolute Gasteiger partial charge is 0.319 e. The lowest BCUT2D eigenvalue weighted by molar-refractivity contribution is 0.0951. The average molecular weight is 498 g/mol. The van der Waals surface area contributed by atoms with Gasteiger partial charge >= 0.3 is 6.03 Å². The van der Waals surface area contributed by atoms with Crippen LogP contribution in [0.3, 0.4) is 0 Å². The molecule has 8 heteroatoms. The van der Waals surface area contributed by atoms with Crippen molar-refractivity contribution in [1.82, 2.24) is 20.4 Å². The zero-order valence-electron chi connectivity index (χ0n) is 21.2. The first-order valence-electron chi connectivity index (χ1n) is 12.1. The third-order valence-electron chi connectivity index (χ3n) is 5.62. The standard InChI is InChI=1S/C29H31N5O3/c1-20(2)31-29(36)32-24-14-12-21(13-15-24)17-30-28(35)26-19-34(18-22-8-5-4-6-9-22)33-27(26)23-10-7-11-25(16-23)37-3/h4-16,19-20H,17-18H2,1-3H3,(H,30,35)(H2,31,32,36). The summed E-state index contributed by atoms with van der Waals surface area (Å²) in [5.41, 5.74) is 4.53. The summed E-state index contributed by atoms with van der Waals surface area (Å²) >= 11 is 0. The molecule has 0 aliphatic rings. The normalized spacial score (nSPS) is 10.7. The van der Waals surface area contributed by atoms with Gasteiger partial charge in [0, 0.05) is 30.0 Å². The van der Waals surface area contributed by atoms with Crippen LogP contribution in [0.15, 0.2) is 85.1 Å². The van der Waals surface area contributed by atoms with Gasteiger partial charge in [0.15, 0.2) is 0 Å². The topological polar surface area (TPSA) is 97.3 Å². The van der Waals surface area contributed by atoms with Crippen LogP contribution in [-0.4, -0.2) is 34.9 Å². The molecule has 4 rings (SSSR count). The number of urea groups is 1. The molecular weight excluding hydrogens is 466 g/mol. The molecule has 0 saturated heterocycles. The lowest BCUT2D eigenvalue weighted by Gasteiger charge is -2.11. The van der Waals surface area contributed by atoms with E-state index in [0.29, 0.717) is 35.8 Å². The van der Waals surface area contributed by atoms with Gasteiger partial charge < -0.3 is 20.7 Å². The van der Waals surface area contributed by atoms with Crippen LogP contribution in [0.1, 0.15) is 35.3 Å². The maximum Gasteiger partial charge on any atom is 0.319 e. The summed E-state index contributed by atoms with van der Waals surface area (Å²) in [5, 5.41) is 13.3. The van der Waals surface area contributed by atoms with Crippen LogP contribution >= 0.6 is 0 Å². The molecule has 1 heterocycles. The van der Waals surface area contributed by atoms with Gasteiger partial charge in [-0.25, -0.2) is 4.79 Å². The number of amides is 3. The minimum absolute atomic E-state index is 0.0494. The second-order valence-electron chi connectivity index (χ2n) is 8.94. The first-order chi connectivity index (χ1) is 17.9. The van der Waals surface area contributed by atoms with Crippen LogP contribution in [0, 0.1) is 0 Å². The maximum atomic E-state index is 13.3. The third-order valence-corrected chi connectivity index (χ3v) is 5.62. The minimum Gasteiger partial charge on any atom is -0.497 e. The van der Waals surface area contributed by atoms with Crippen molar-refractivity contribution in [2.75, 3.05) is 12.4 Å². The Kier molecular flexibility index (Phi) is 8.20. The van der Waals surface area contributed by atoms with Gasteiger partial charge in [-0.1, -0.05) is 54.6 Å². The molecule has 4 aromatic rings. The van der Waals surface area contributed by atoms with Crippen LogP contribution in [0.25, 0.3) is 11.3 Å². The van der Waals surface area contributed by atoms with Crippen molar-refractivity contribution < 1.29 is 14.3 Å². The number of hydrogen-bond acceptors (Lipinski definition) is 4. The van der Waals surface area contributed by atoms with E-state index in [0.717, 1.165) is 16.7 Å². The predicted octanol–water partition coefficient (Wildman–Crippen LogP) is 5.07. The van der Waals surface area contributed by atoms with Gasteiger partial charge in [0.1, 0.15) is 11.4 Å². The second-order valence-corrected chi connectivity index (χ2v) is 8.94.